The van der Waals surface area contributed by atoms with Gasteiger partial charge in [-0.15, -0.1) is 0 Å². The number of piperazine rings is 1. The summed E-state index contributed by atoms with van der Waals surface area (Å²) < 4.78 is 10.3. The van der Waals surface area contributed by atoms with Crippen molar-refractivity contribution in [2.75, 3.05) is 65.5 Å². The number of nitrogens with zero attached hydrogens (tertiary/aromatic N) is 3. The summed E-state index contributed by atoms with van der Waals surface area (Å²) in [6, 6.07) is 8.24. The molecule has 122 valence electrons. The summed E-state index contributed by atoms with van der Waals surface area (Å²) in [5, 5.41) is 3.33. The molecule has 0 spiro atoms. The van der Waals surface area contributed by atoms with Crippen molar-refractivity contribution in [1.29, 1.82) is 0 Å². The van der Waals surface area contributed by atoms with Gasteiger partial charge >= 0.3 is 0 Å². The number of ether oxygens (including phenoxy) is 2. The van der Waals surface area contributed by atoms with Gasteiger partial charge in [0.25, 0.3) is 0 Å². The Morgan fingerprint density at radius 3 is 2.36 bits per heavy atom. The van der Waals surface area contributed by atoms with Gasteiger partial charge < -0.3 is 24.6 Å². The van der Waals surface area contributed by atoms with Crippen molar-refractivity contribution in [3.05, 3.63) is 24.3 Å². The molecule has 0 saturated carbocycles. The van der Waals surface area contributed by atoms with Crippen LogP contribution in [0.1, 0.15) is 0 Å². The fourth-order valence-electron chi connectivity index (χ4n) is 2.57. The lowest BCUT2D eigenvalue weighted by Crippen LogP contribution is -2.53. The van der Waals surface area contributed by atoms with Crippen molar-refractivity contribution in [3.63, 3.8) is 0 Å². The standard InChI is InChI=1S/C16H26N4O2/c1-17-16(18-8-13-21-2)20-11-9-19(10-12-20)14-4-6-15(22-3)7-5-14/h4-7H,8-13H2,1-3H3,(H,17,18). The van der Waals surface area contributed by atoms with E-state index in [2.05, 4.69) is 32.2 Å². The molecule has 1 aromatic rings. The van der Waals surface area contributed by atoms with Gasteiger partial charge in [0.1, 0.15) is 5.75 Å². The Morgan fingerprint density at radius 2 is 1.82 bits per heavy atom. The molecule has 0 aliphatic carbocycles. The second-order valence-electron chi connectivity index (χ2n) is 5.14. The van der Waals surface area contributed by atoms with Crippen LogP contribution in [0, 0.1) is 0 Å². The van der Waals surface area contributed by atoms with E-state index in [-0.39, 0.29) is 0 Å². The van der Waals surface area contributed by atoms with E-state index in [1.165, 1.54) is 5.69 Å². The first-order valence-electron chi connectivity index (χ1n) is 7.62. The van der Waals surface area contributed by atoms with Gasteiger partial charge in [0, 0.05) is 52.6 Å². The molecule has 1 fully saturated rings. The monoisotopic (exact) mass is 306 g/mol. The molecule has 6 heteroatoms. The molecule has 0 bridgehead atoms. The minimum absolute atomic E-state index is 0.685. The molecule has 1 N–H and O–H groups in total. The Hall–Kier alpha value is -1.95. The number of rotatable bonds is 5. The number of methoxy groups -OCH3 is 2. The van der Waals surface area contributed by atoms with Crippen molar-refractivity contribution in [2.45, 2.75) is 0 Å². The molecule has 1 aliphatic rings. The third-order valence-electron chi connectivity index (χ3n) is 3.82. The number of nitrogens with one attached hydrogen (secondary N) is 1. The molecule has 1 saturated heterocycles. The molecule has 0 amide bonds. The third kappa shape index (κ3) is 4.27. The topological polar surface area (TPSA) is 49.3 Å². The number of hydrogen-bond acceptors (Lipinski definition) is 4. The molecular formula is C16H26N4O2. The largest absolute Gasteiger partial charge is 0.497 e. The van der Waals surface area contributed by atoms with E-state index in [0.29, 0.717) is 6.61 Å². The van der Waals surface area contributed by atoms with Gasteiger partial charge in [-0.05, 0) is 24.3 Å². The highest BCUT2D eigenvalue weighted by Crippen LogP contribution is 2.20. The lowest BCUT2D eigenvalue weighted by Gasteiger charge is -2.37. The van der Waals surface area contributed by atoms with Crippen LogP contribution in [-0.4, -0.2) is 71.5 Å². The Labute approximate surface area is 132 Å². The van der Waals surface area contributed by atoms with Gasteiger partial charge in [0.2, 0.25) is 0 Å². The molecule has 1 aliphatic heterocycles. The van der Waals surface area contributed by atoms with Crippen LogP contribution in [0.25, 0.3) is 0 Å². The molecule has 0 atom stereocenters. The lowest BCUT2D eigenvalue weighted by molar-refractivity contribution is 0.202. The predicted molar refractivity (Wildman–Crippen MR) is 90.0 cm³/mol. The van der Waals surface area contributed by atoms with Gasteiger partial charge in [-0.3, -0.25) is 4.99 Å². The maximum Gasteiger partial charge on any atom is 0.193 e. The van der Waals surface area contributed by atoms with Crippen LogP contribution in [0.2, 0.25) is 0 Å². The van der Waals surface area contributed by atoms with Crippen molar-refractivity contribution in [2.24, 2.45) is 4.99 Å². The fraction of sp³-hybridized carbons (Fsp3) is 0.562. The van der Waals surface area contributed by atoms with Crippen LogP contribution in [0.15, 0.2) is 29.3 Å². The first-order chi connectivity index (χ1) is 10.8. The number of anilines is 1. The molecule has 1 heterocycles. The smallest absolute Gasteiger partial charge is 0.193 e. The Balaban J connectivity index is 1.86. The van der Waals surface area contributed by atoms with Crippen LogP contribution in [0.3, 0.4) is 0 Å². The second-order valence-corrected chi connectivity index (χ2v) is 5.14. The van der Waals surface area contributed by atoms with Crippen LogP contribution in [0.5, 0.6) is 5.75 Å². The molecule has 22 heavy (non-hydrogen) atoms. The van der Waals surface area contributed by atoms with E-state index < -0.39 is 0 Å². The average Bonchev–Trinajstić information content (AvgIpc) is 2.59. The number of guanidine groups is 1. The summed E-state index contributed by atoms with van der Waals surface area (Å²) in [7, 11) is 5.22. The molecule has 0 unspecified atom stereocenters. The highest BCUT2D eigenvalue weighted by Gasteiger charge is 2.19. The SMILES string of the molecule is CN=C(NCCOC)N1CCN(c2ccc(OC)cc2)CC1. The highest BCUT2D eigenvalue weighted by atomic mass is 16.5. The van der Waals surface area contributed by atoms with Crippen LogP contribution in [-0.2, 0) is 4.74 Å². The molecule has 2 rings (SSSR count). The van der Waals surface area contributed by atoms with Crippen LogP contribution in [0.4, 0.5) is 5.69 Å². The minimum Gasteiger partial charge on any atom is -0.497 e. The normalized spacial score (nSPS) is 15.9. The van der Waals surface area contributed by atoms with Gasteiger partial charge in [-0.25, -0.2) is 0 Å². The summed E-state index contributed by atoms with van der Waals surface area (Å²) in [5.41, 5.74) is 1.24. The zero-order valence-electron chi connectivity index (χ0n) is 13.7. The van der Waals surface area contributed by atoms with Crippen molar-refractivity contribution >= 4 is 11.6 Å². The first-order valence-corrected chi connectivity index (χ1v) is 7.62. The average molecular weight is 306 g/mol. The lowest BCUT2D eigenvalue weighted by atomic mass is 10.2. The molecule has 1 aromatic carbocycles. The van der Waals surface area contributed by atoms with Crippen molar-refractivity contribution < 1.29 is 9.47 Å². The Morgan fingerprint density at radius 1 is 1.14 bits per heavy atom. The molecule has 6 nitrogen and oxygen atoms in total. The van der Waals surface area contributed by atoms with Crippen molar-refractivity contribution in [3.8, 4) is 5.75 Å². The van der Waals surface area contributed by atoms with Gasteiger partial charge in [-0.2, -0.15) is 0 Å². The minimum atomic E-state index is 0.685. The molecule has 0 radical (unpaired) electrons. The van der Waals surface area contributed by atoms with Crippen LogP contribution >= 0.6 is 0 Å². The van der Waals surface area contributed by atoms with E-state index in [1.54, 1.807) is 14.2 Å². The Kier molecular flexibility index (Phi) is 6.33. The van der Waals surface area contributed by atoms with E-state index in [9.17, 15) is 0 Å². The number of hydrogen-bond donors (Lipinski definition) is 1. The van der Waals surface area contributed by atoms with Gasteiger partial charge in [0.05, 0.1) is 13.7 Å². The zero-order valence-corrected chi connectivity index (χ0v) is 13.7. The van der Waals surface area contributed by atoms with Gasteiger partial charge in [0.15, 0.2) is 5.96 Å². The summed E-state index contributed by atoms with van der Waals surface area (Å²) in [5.74, 6) is 1.84. The van der Waals surface area contributed by atoms with Crippen LogP contribution < -0.4 is 15.0 Å². The Bertz CT molecular complexity index is 468. The second kappa shape index (κ2) is 8.48. The quantitative estimate of drug-likeness (QED) is 0.500. The fourth-order valence-corrected chi connectivity index (χ4v) is 2.57. The maximum absolute atomic E-state index is 5.21. The van der Waals surface area contributed by atoms with E-state index in [1.807, 2.05) is 19.2 Å². The highest BCUT2D eigenvalue weighted by molar-refractivity contribution is 5.80. The summed E-state index contributed by atoms with van der Waals surface area (Å²) in [6.45, 7) is 5.35. The molecule has 0 aromatic heterocycles. The number of aliphatic imine (C=N–C) groups is 1. The zero-order chi connectivity index (χ0) is 15.8. The summed E-state index contributed by atoms with van der Waals surface area (Å²) >= 11 is 0. The summed E-state index contributed by atoms with van der Waals surface area (Å²) in [4.78, 5) is 9.02. The molecular weight excluding hydrogens is 280 g/mol. The first kappa shape index (κ1) is 16.4. The predicted octanol–water partition coefficient (Wildman–Crippen LogP) is 1.04. The van der Waals surface area contributed by atoms with E-state index >= 15 is 0 Å². The maximum atomic E-state index is 5.21. The number of benzene rings is 1. The third-order valence-corrected chi connectivity index (χ3v) is 3.82. The summed E-state index contributed by atoms with van der Waals surface area (Å²) in [6.07, 6.45) is 0. The van der Waals surface area contributed by atoms with E-state index in [0.717, 1.165) is 44.4 Å². The van der Waals surface area contributed by atoms with Gasteiger partial charge in [-0.1, -0.05) is 0 Å². The van der Waals surface area contributed by atoms with Crippen molar-refractivity contribution in [1.82, 2.24) is 10.2 Å². The van der Waals surface area contributed by atoms with E-state index in [4.69, 9.17) is 9.47 Å².